The van der Waals surface area contributed by atoms with E-state index in [1.807, 2.05) is 30.3 Å². The van der Waals surface area contributed by atoms with Gasteiger partial charge in [-0.25, -0.2) is 0 Å². The normalized spacial score (nSPS) is 19.8. The van der Waals surface area contributed by atoms with Gasteiger partial charge in [0.1, 0.15) is 6.10 Å². The van der Waals surface area contributed by atoms with Gasteiger partial charge in [0.2, 0.25) is 0 Å². The van der Waals surface area contributed by atoms with E-state index >= 15 is 0 Å². The van der Waals surface area contributed by atoms with E-state index in [4.69, 9.17) is 9.47 Å². The molecule has 1 aromatic rings. The fourth-order valence-electron chi connectivity index (χ4n) is 1.55. The molecule has 0 amide bonds. The standard InChI is InChI=1S/C11H14O3/c12-10(11-13-6-7-14-11)8-9-4-2-1-3-5-9/h1-5,10-12H,6-8H2. The quantitative estimate of drug-likeness (QED) is 0.779. The highest BCUT2D eigenvalue weighted by Crippen LogP contribution is 2.13. The average molecular weight is 194 g/mol. The maximum atomic E-state index is 9.75. The Hall–Kier alpha value is -0.900. The molecule has 1 N–H and O–H groups in total. The van der Waals surface area contributed by atoms with Crippen molar-refractivity contribution in [3.8, 4) is 0 Å². The first-order chi connectivity index (χ1) is 6.86. The Kier molecular flexibility index (Phi) is 3.14. The first kappa shape index (κ1) is 9.65. The number of ether oxygens (including phenoxy) is 2. The molecular formula is C11H14O3. The largest absolute Gasteiger partial charge is 0.387 e. The summed E-state index contributed by atoms with van der Waals surface area (Å²) in [5.41, 5.74) is 1.10. The third kappa shape index (κ3) is 2.32. The van der Waals surface area contributed by atoms with Crippen LogP contribution >= 0.6 is 0 Å². The Balaban J connectivity index is 1.90. The second-order valence-electron chi connectivity index (χ2n) is 3.37. The highest BCUT2D eigenvalue weighted by Gasteiger charge is 2.24. The van der Waals surface area contributed by atoms with E-state index in [9.17, 15) is 5.11 Å². The zero-order valence-corrected chi connectivity index (χ0v) is 7.93. The van der Waals surface area contributed by atoms with E-state index in [1.54, 1.807) is 0 Å². The van der Waals surface area contributed by atoms with Crippen LogP contribution in [0.5, 0.6) is 0 Å². The molecule has 1 aromatic carbocycles. The molecule has 1 unspecified atom stereocenters. The highest BCUT2D eigenvalue weighted by atomic mass is 16.7. The molecule has 14 heavy (non-hydrogen) atoms. The first-order valence-corrected chi connectivity index (χ1v) is 4.81. The van der Waals surface area contributed by atoms with Crippen molar-refractivity contribution in [2.45, 2.75) is 18.8 Å². The lowest BCUT2D eigenvalue weighted by Crippen LogP contribution is -2.28. The number of aliphatic hydroxyl groups is 1. The van der Waals surface area contributed by atoms with Crippen molar-refractivity contribution >= 4 is 0 Å². The van der Waals surface area contributed by atoms with Gasteiger partial charge in [-0.2, -0.15) is 0 Å². The molecule has 1 aliphatic heterocycles. The maximum absolute atomic E-state index is 9.75. The van der Waals surface area contributed by atoms with Gasteiger partial charge in [-0.05, 0) is 5.56 Å². The van der Waals surface area contributed by atoms with Crippen LogP contribution in [0.2, 0.25) is 0 Å². The Morgan fingerprint density at radius 1 is 1.21 bits per heavy atom. The Labute approximate surface area is 83.3 Å². The smallest absolute Gasteiger partial charge is 0.183 e. The number of hydrogen-bond donors (Lipinski definition) is 1. The van der Waals surface area contributed by atoms with Crippen molar-refractivity contribution in [3.05, 3.63) is 35.9 Å². The monoisotopic (exact) mass is 194 g/mol. The summed E-state index contributed by atoms with van der Waals surface area (Å²) >= 11 is 0. The van der Waals surface area contributed by atoms with Gasteiger partial charge < -0.3 is 14.6 Å². The van der Waals surface area contributed by atoms with Crippen LogP contribution in [0.4, 0.5) is 0 Å². The van der Waals surface area contributed by atoms with Crippen LogP contribution in [-0.2, 0) is 15.9 Å². The lowest BCUT2D eigenvalue weighted by Gasteiger charge is -2.16. The van der Waals surface area contributed by atoms with E-state index in [-0.39, 0.29) is 0 Å². The molecule has 0 radical (unpaired) electrons. The molecule has 1 saturated heterocycles. The first-order valence-electron chi connectivity index (χ1n) is 4.81. The van der Waals surface area contributed by atoms with Crippen LogP contribution in [0.3, 0.4) is 0 Å². The predicted octanol–water partition coefficient (Wildman–Crippen LogP) is 0.963. The van der Waals surface area contributed by atoms with Crippen LogP contribution in [-0.4, -0.2) is 30.7 Å². The van der Waals surface area contributed by atoms with Gasteiger partial charge in [-0.1, -0.05) is 30.3 Å². The van der Waals surface area contributed by atoms with Gasteiger partial charge >= 0.3 is 0 Å². The van der Waals surface area contributed by atoms with Crippen molar-refractivity contribution in [2.24, 2.45) is 0 Å². The maximum Gasteiger partial charge on any atom is 0.183 e. The summed E-state index contributed by atoms with van der Waals surface area (Å²) < 4.78 is 10.4. The summed E-state index contributed by atoms with van der Waals surface area (Å²) in [6.07, 6.45) is -0.444. The van der Waals surface area contributed by atoms with Crippen LogP contribution in [0.15, 0.2) is 30.3 Å². The molecular weight excluding hydrogens is 180 g/mol. The molecule has 2 rings (SSSR count). The summed E-state index contributed by atoms with van der Waals surface area (Å²) in [4.78, 5) is 0. The zero-order valence-electron chi connectivity index (χ0n) is 7.93. The second kappa shape index (κ2) is 4.55. The van der Waals surface area contributed by atoms with E-state index in [0.717, 1.165) is 5.56 Å². The molecule has 1 fully saturated rings. The molecule has 3 heteroatoms. The summed E-state index contributed by atoms with van der Waals surface area (Å²) in [6, 6.07) is 9.84. The molecule has 0 bridgehead atoms. The average Bonchev–Trinajstić information content (AvgIpc) is 2.72. The molecule has 0 aromatic heterocycles. The Bertz CT molecular complexity index is 267. The van der Waals surface area contributed by atoms with Gasteiger partial charge in [0, 0.05) is 6.42 Å². The van der Waals surface area contributed by atoms with Crippen LogP contribution in [0.1, 0.15) is 5.56 Å². The predicted molar refractivity (Wildman–Crippen MR) is 51.8 cm³/mol. The van der Waals surface area contributed by atoms with Crippen molar-refractivity contribution < 1.29 is 14.6 Å². The number of benzene rings is 1. The Morgan fingerprint density at radius 2 is 1.86 bits per heavy atom. The Morgan fingerprint density at radius 3 is 2.50 bits per heavy atom. The molecule has 0 spiro atoms. The van der Waals surface area contributed by atoms with Crippen LogP contribution in [0, 0.1) is 0 Å². The van der Waals surface area contributed by atoms with Gasteiger partial charge in [0.25, 0.3) is 0 Å². The van der Waals surface area contributed by atoms with E-state index < -0.39 is 12.4 Å². The molecule has 1 atom stereocenters. The van der Waals surface area contributed by atoms with Gasteiger partial charge in [-0.3, -0.25) is 0 Å². The van der Waals surface area contributed by atoms with Gasteiger partial charge in [0.15, 0.2) is 6.29 Å². The third-order valence-electron chi connectivity index (χ3n) is 2.25. The molecule has 1 heterocycles. The SMILES string of the molecule is OC(Cc1ccccc1)C1OCCO1. The third-order valence-corrected chi connectivity index (χ3v) is 2.25. The van der Waals surface area contributed by atoms with Crippen molar-refractivity contribution in [2.75, 3.05) is 13.2 Å². The van der Waals surface area contributed by atoms with Crippen molar-refractivity contribution in [1.82, 2.24) is 0 Å². The van der Waals surface area contributed by atoms with E-state index in [2.05, 4.69) is 0 Å². The van der Waals surface area contributed by atoms with Gasteiger partial charge in [0.05, 0.1) is 13.2 Å². The molecule has 3 nitrogen and oxygen atoms in total. The lowest BCUT2D eigenvalue weighted by molar-refractivity contribution is -0.119. The molecule has 76 valence electrons. The fourth-order valence-corrected chi connectivity index (χ4v) is 1.55. The second-order valence-corrected chi connectivity index (χ2v) is 3.37. The number of hydrogen-bond acceptors (Lipinski definition) is 3. The summed E-state index contributed by atoms with van der Waals surface area (Å²) in [7, 11) is 0. The minimum absolute atomic E-state index is 0.449. The molecule has 0 aliphatic carbocycles. The van der Waals surface area contributed by atoms with E-state index in [0.29, 0.717) is 19.6 Å². The van der Waals surface area contributed by atoms with Gasteiger partial charge in [-0.15, -0.1) is 0 Å². The molecule has 1 aliphatic rings. The summed E-state index contributed by atoms with van der Waals surface area (Å²) in [5.74, 6) is 0. The van der Waals surface area contributed by atoms with Crippen LogP contribution < -0.4 is 0 Å². The lowest BCUT2D eigenvalue weighted by atomic mass is 10.1. The fraction of sp³-hybridized carbons (Fsp3) is 0.455. The van der Waals surface area contributed by atoms with Crippen molar-refractivity contribution in [1.29, 1.82) is 0 Å². The highest BCUT2D eigenvalue weighted by molar-refractivity contribution is 5.15. The summed E-state index contributed by atoms with van der Waals surface area (Å²) in [6.45, 7) is 1.16. The number of aliphatic hydroxyl groups excluding tert-OH is 1. The minimum atomic E-state index is -0.570. The van der Waals surface area contributed by atoms with Crippen LogP contribution in [0.25, 0.3) is 0 Å². The van der Waals surface area contributed by atoms with Crippen molar-refractivity contribution in [3.63, 3.8) is 0 Å². The topological polar surface area (TPSA) is 38.7 Å². The zero-order chi connectivity index (χ0) is 9.80. The number of rotatable bonds is 3. The van der Waals surface area contributed by atoms with E-state index in [1.165, 1.54) is 0 Å². The molecule has 0 saturated carbocycles. The minimum Gasteiger partial charge on any atom is -0.387 e. The summed E-state index contributed by atoms with van der Waals surface area (Å²) in [5, 5.41) is 9.75.